The molecule has 0 atom stereocenters. The van der Waals surface area contributed by atoms with Crippen LogP contribution in [0.2, 0.25) is 0 Å². The zero-order valence-corrected chi connectivity index (χ0v) is 24.3. The van der Waals surface area contributed by atoms with Crippen LogP contribution in [0.1, 0.15) is 27.7 Å². The van der Waals surface area contributed by atoms with Crippen LogP contribution >= 0.6 is 0 Å². The fourth-order valence-corrected chi connectivity index (χ4v) is 6.37. The van der Waals surface area contributed by atoms with Gasteiger partial charge < -0.3 is 13.9 Å². The highest BCUT2D eigenvalue weighted by Crippen LogP contribution is 2.42. The monoisotopic (exact) mass is 546 g/mol. The first-order chi connectivity index (χ1) is 20.3. The third-order valence-electron chi connectivity index (χ3n) is 9.20. The molecule has 0 bridgehead atoms. The van der Waals surface area contributed by atoms with Crippen molar-refractivity contribution in [1.29, 1.82) is 0 Å². The maximum Gasteiger partial charge on any atom is 0.494 e. The quantitative estimate of drug-likeness (QED) is 0.165. The molecule has 3 heterocycles. The normalized spacial score (nSPS) is 16.2. The Morgan fingerprint density at radius 3 is 1.98 bits per heavy atom. The first-order valence-corrected chi connectivity index (χ1v) is 14.6. The summed E-state index contributed by atoms with van der Waals surface area (Å²) in [6.07, 6.45) is 0. The molecule has 0 aliphatic carbocycles. The lowest BCUT2D eigenvalue weighted by Gasteiger charge is -2.32. The van der Waals surface area contributed by atoms with E-state index in [1.54, 1.807) is 0 Å². The van der Waals surface area contributed by atoms with Crippen LogP contribution in [0.3, 0.4) is 0 Å². The van der Waals surface area contributed by atoms with Crippen LogP contribution < -0.4 is 5.46 Å². The van der Waals surface area contributed by atoms with E-state index >= 15 is 0 Å². The third kappa shape index (κ3) is 3.67. The number of rotatable bonds is 3. The van der Waals surface area contributed by atoms with Crippen molar-refractivity contribution in [2.24, 2.45) is 0 Å². The Labute approximate surface area is 245 Å². The van der Waals surface area contributed by atoms with E-state index in [-0.39, 0.29) is 0 Å². The molecule has 0 unspecified atom stereocenters. The Morgan fingerprint density at radius 2 is 1.24 bits per heavy atom. The number of hydrogen-bond acceptors (Lipinski definition) is 3. The molecule has 0 saturated carbocycles. The molecule has 4 nitrogen and oxygen atoms in total. The summed E-state index contributed by atoms with van der Waals surface area (Å²) in [7, 11) is -0.442. The van der Waals surface area contributed by atoms with Crippen molar-refractivity contribution >= 4 is 56.1 Å². The Hall–Kier alpha value is -4.45. The Bertz CT molecular complexity index is 2130. The van der Waals surface area contributed by atoms with Gasteiger partial charge in [0.15, 0.2) is 0 Å². The highest BCUT2D eigenvalue weighted by atomic mass is 16.7. The van der Waals surface area contributed by atoms with Crippen LogP contribution in [0, 0.1) is 0 Å². The van der Waals surface area contributed by atoms with Crippen LogP contribution in [0.15, 0.2) is 115 Å². The van der Waals surface area contributed by atoms with Gasteiger partial charge in [0.25, 0.3) is 0 Å². The maximum absolute atomic E-state index is 6.50. The molecular weight excluding hydrogens is 515 g/mol. The van der Waals surface area contributed by atoms with Crippen LogP contribution in [-0.4, -0.2) is 27.9 Å². The minimum atomic E-state index is -0.442. The number of aromatic nitrogens is 2. The van der Waals surface area contributed by atoms with E-state index in [0.717, 1.165) is 49.7 Å². The molecule has 1 fully saturated rings. The van der Waals surface area contributed by atoms with Gasteiger partial charge in [-0.15, -0.1) is 0 Å². The molecule has 0 N–H and O–H groups in total. The van der Waals surface area contributed by atoms with Crippen molar-refractivity contribution in [3.05, 3.63) is 115 Å². The second-order valence-electron chi connectivity index (χ2n) is 12.3. The molecule has 5 heteroatoms. The fraction of sp³-hybridized carbons (Fsp3) is 0.162. The van der Waals surface area contributed by atoms with E-state index in [4.69, 9.17) is 14.3 Å². The van der Waals surface area contributed by atoms with E-state index in [9.17, 15) is 0 Å². The highest BCUT2D eigenvalue weighted by Gasteiger charge is 2.51. The van der Waals surface area contributed by atoms with Gasteiger partial charge in [-0.25, -0.2) is 4.98 Å². The summed E-state index contributed by atoms with van der Waals surface area (Å²) in [4.78, 5) is 5.19. The molecule has 0 radical (unpaired) electrons. The molecule has 1 aliphatic heterocycles. The zero-order chi connectivity index (χ0) is 28.6. The molecule has 7 aromatic rings. The molecule has 1 aliphatic rings. The summed E-state index contributed by atoms with van der Waals surface area (Å²) < 4.78 is 15.4. The predicted molar refractivity (Wildman–Crippen MR) is 175 cm³/mol. The van der Waals surface area contributed by atoms with Crippen molar-refractivity contribution in [2.45, 2.75) is 38.9 Å². The molecular formula is C37H31BN2O2. The topological polar surface area (TPSA) is 36.3 Å². The van der Waals surface area contributed by atoms with E-state index < -0.39 is 18.3 Å². The van der Waals surface area contributed by atoms with Crippen molar-refractivity contribution in [2.75, 3.05) is 0 Å². The second-order valence-corrected chi connectivity index (χ2v) is 12.3. The standard InChI is InChI=1S/C37H31BN2O2/c1-36(2)37(3,4)42-38(41-36)25-19-21-31-29(23-25)34-32(40(31)26-15-9-6-10-16-26)22-20-28-33(34)27-17-11-12-18-30(27)39-35(28)24-13-7-5-8-14-24/h5-23H,1-4H3. The van der Waals surface area contributed by atoms with Crippen molar-refractivity contribution in [3.63, 3.8) is 0 Å². The van der Waals surface area contributed by atoms with Gasteiger partial charge in [0, 0.05) is 38.2 Å². The maximum atomic E-state index is 6.50. The Morgan fingerprint density at radius 1 is 0.595 bits per heavy atom. The van der Waals surface area contributed by atoms with Gasteiger partial charge in [-0.2, -0.15) is 0 Å². The van der Waals surface area contributed by atoms with E-state index in [1.165, 1.54) is 16.2 Å². The van der Waals surface area contributed by atoms with Crippen LogP contribution in [0.25, 0.3) is 60.4 Å². The SMILES string of the molecule is CC1(C)OB(c2ccc3c(c2)c2c4c(ccc2n3-c2ccccc2)c(-c2ccccc2)nc2ccccc24)OC1(C)C. The summed E-state index contributed by atoms with van der Waals surface area (Å²) >= 11 is 0. The van der Waals surface area contributed by atoms with E-state index in [1.807, 2.05) is 0 Å². The largest absolute Gasteiger partial charge is 0.494 e. The van der Waals surface area contributed by atoms with Gasteiger partial charge >= 0.3 is 7.12 Å². The third-order valence-corrected chi connectivity index (χ3v) is 9.20. The first-order valence-electron chi connectivity index (χ1n) is 14.6. The predicted octanol–water partition coefficient (Wildman–Crippen LogP) is 8.45. The molecule has 1 saturated heterocycles. The molecule has 0 spiro atoms. The number of benzene rings is 5. The summed E-state index contributed by atoms with van der Waals surface area (Å²) in [6, 6.07) is 40.7. The van der Waals surface area contributed by atoms with Crippen LogP contribution in [0.4, 0.5) is 0 Å². The summed E-state index contributed by atoms with van der Waals surface area (Å²) in [5.41, 5.74) is 6.71. The van der Waals surface area contributed by atoms with Crippen molar-refractivity contribution in [3.8, 4) is 16.9 Å². The summed E-state index contributed by atoms with van der Waals surface area (Å²) in [5, 5.41) is 5.87. The molecule has 2 aromatic heterocycles. The van der Waals surface area contributed by atoms with Crippen molar-refractivity contribution in [1.82, 2.24) is 9.55 Å². The van der Waals surface area contributed by atoms with Gasteiger partial charge in [-0.3, -0.25) is 0 Å². The lowest BCUT2D eigenvalue weighted by atomic mass is 9.78. The Balaban J connectivity index is 1.52. The van der Waals surface area contributed by atoms with E-state index in [2.05, 4.69) is 148 Å². The Kier molecular flexibility index (Phi) is 5.43. The highest BCUT2D eigenvalue weighted by molar-refractivity contribution is 6.62. The number of hydrogen-bond donors (Lipinski definition) is 0. The van der Waals surface area contributed by atoms with Crippen molar-refractivity contribution < 1.29 is 9.31 Å². The molecule has 5 aromatic carbocycles. The molecule has 42 heavy (non-hydrogen) atoms. The summed E-state index contributed by atoms with van der Waals surface area (Å²) in [5.74, 6) is 0. The van der Waals surface area contributed by atoms with Crippen LogP contribution in [-0.2, 0) is 9.31 Å². The average molecular weight is 546 g/mol. The van der Waals surface area contributed by atoms with Crippen LogP contribution in [0.5, 0.6) is 0 Å². The lowest BCUT2D eigenvalue weighted by molar-refractivity contribution is 0.00578. The van der Waals surface area contributed by atoms with Gasteiger partial charge in [-0.05, 0) is 63.5 Å². The number of para-hydroxylation sites is 2. The minimum Gasteiger partial charge on any atom is -0.399 e. The minimum absolute atomic E-state index is 0.413. The van der Waals surface area contributed by atoms with E-state index in [0.29, 0.717) is 0 Å². The van der Waals surface area contributed by atoms with Gasteiger partial charge in [0.05, 0.1) is 33.4 Å². The lowest BCUT2D eigenvalue weighted by Crippen LogP contribution is -2.41. The van der Waals surface area contributed by atoms with Gasteiger partial charge in [0.1, 0.15) is 0 Å². The summed E-state index contributed by atoms with van der Waals surface area (Å²) in [6.45, 7) is 8.41. The molecule has 0 amide bonds. The number of pyridine rings is 1. The number of fused-ring (bicyclic) bond motifs is 7. The average Bonchev–Trinajstić information content (AvgIpc) is 3.46. The molecule has 204 valence electrons. The van der Waals surface area contributed by atoms with Gasteiger partial charge in [-0.1, -0.05) is 84.9 Å². The second kappa shape index (κ2) is 9.03. The zero-order valence-electron chi connectivity index (χ0n) is 24.3. The smallest absolute Gasteiger partial charge is 0.399 e. The molecule has 8 rings (SSSR count). The van der Waals surface area contributed by atoms with Gasteiger partial charge in [0.2, 0.25) is 0 Å². The first kappa shape index (κ1) is 25.3. The number of nitrogens with zero attached hydrogens (tertiary/aromatic N) is 2. The fourth-order valence-electron chi connectivity index (χ4n) is 6.37.